The zero-order valence-corrected chi connectivity index (χ0v) is 15.6. The van der Waals surface area contributed by atoms with Gasteiger partial charge < -0.3 is 5.32 Å². The molecule has 0 saturated heterocycles. The van der Waals surface area contributed by atoms with Gasteiger partial charge in [0, 0.05) is 41.2 Å². The van der Waals surface area contributed by atoms with E-state index in [0.717, 1.165) is 40.4 Å². The molecule has 0 unspecified atom stereocenters. The molecule has 0 aliphatic carbocycles. The van der Waals surface area contributed by atoms with E-state index in [1.54, 1.807) is 0 Å². The quantitative estimate of drug-likeness (QED) is 0.658. The molecule has 7 heteroatoms. The third kappa shape index (κ3) is 3.15. The van der Waals surface area contributed by atoms with Gasteiger partial charge in [-0.15, -0.1) is 11.3 Å². The summed E-state index contributed by atoms with van der Waals surface area (Å²) in [4.78, 5) is 18.6. The molecule has 2 aromatic heterocycles. The van der Waals surface area contributed by atoms with Gasteiger partial charge in [-0.1, -0.05) is 44.2 Å². The predicted molar refractivity (Wildman–Crippen MR) is 104 cm³/mol. The van der Waals surface area contributed by atoms with Crippen molar-refractivity contribution in [2.45, 2.75) is 32.7 Å². The Morgan fingerprint density at radius 1 is 1.27 bits per heavy atom. The largest absolute Gasteiger partial charge is 0.312 e. The van der Waals surface area contributed by atoms with Crippen LogP contribution in [-0.2, 0) is 13.0 Å². The highest BCUT2D eigenvalue weighted by Gasteiger charge is 2.23. The number of H-pyrrole nitrogens is 1. The Morgan fingerprint density at radius 3 is 2.85 bits per heavy atom. The van der Waals surface area contributed by atoms with Gasteiger partial charge in [0.15, 0.2) is 10.8 Å². The number of nitrogens with one attached hydrogen (secondary N) is 3. The van der Waals surface area contributed by atoms with E-state index in [4.69, 9.17) is 4.98 Å². The number of fused-ring (bicyclic) bond motifs is 1. The number of nitrogens with zero attached hydrogens (tertiary/aromatic N) is 2. The first-order valence-electron chi connectivity index (χ1n) is 8.78. The second kappa shape index (κ2) is 7.01. The topological polar surface area (TPSA) is 82.7 Å². The summed E-state index contributed by atoms with van der Waals surface area (Å²) in [6.45, 7) is 5.85. The van der Waals surface area contributed by atoms with Gasteiger partial charge in [-0.05, 0) is 5.92 Å². The second-order valence-corrected chi connectivity index (χ2v) is 7.69. The summed E-state index contributed by atoms with van der Waals surface area (Å²) in [7, 11) is 0. The molecule has 1 aliphatic heterocycles. The third-order valence-electron chi connectivity index (χ3n) is 4.47. The van der Waals surface area contributed by atoms with Crippen molar-refractivity contribution >= 4 is 22.4 Å². The minimum Gasteiger partial charge on any atom is -0.312 e. The van der Waals surface area contributed by atoms with Gasteiger partial charge >= 0.3 is 0 Å². The minimum atomic E-state index is -0.213. The van der Waals surface area contributed by atoms with Crippen LogP contribution in [0, 0.1) is 0 Å². The van der Waals surface area contributed by atoms with Crippen LogP contribution >= 0.6 is 11.3 Å². The fraction of sp³-hybridized carbons (Fsp3) is 0.316. The van der Waals surface area contributed by atoms with Crippen LogP contribution in [-0.4, -0.2) is 27.6 Å². The van der Waals surface area contributed by atoms with Crippen LogP contribution in [0.5, 0.6) is 0 Å². The molecule has 6 nitrogen and oxygen atoms in total. The lowest BCUT2D eigenvalue weighted by molar-refractivity contribution is 0.102. The summed E-state index contributed by atoms with van der Waals surface area (Å²) in [5, 5.41) is 14.0. The van der Waals surface area contributed by atoms with E-state index in [-0.39, 0.29) is 5.91 Å². The third-order valence-corrected chi connectivity index (χ3v) is 5.74. The molecule has 134 valence electrons. The lowest BCUT2D eigenvalue weighted by Gasteiger charge is -2.12. The molecule has 0 fully saturated rings. The number of rotatable bonds is 4. The molecule has 0 atom stereocenters. The zero-order valence-electron chi connectivity index (χ0n) is 14.8. The minimum absolute atomic E-state index is 0.213. The average Bonchev–Trinajstić information content (AvgIpc) is 3.26. The van der Waals surface area contributed by atoms with Gasteiger partial charge in [-0.25, -0.2) is 4.98 Å². The first-order chi connectivity index (χ1) is 12.6. The van der Waals surface area contributed by atoms with Crippen molar-refractivity contribution in [3.05, 3.63) is 52.2 Å². The Morgan fingerprint density at radius 2 is 2.08 bits per heavy atom. The second-order valence-electron chi connectivity index (χ2n) is 6.66. The lowest BCUT2D eigenvalue weighted by atomic mass is 10.1. The first-order valence-corrected chi connectivity index (χ1v) is 9.59. The van der Waals surface area contributed by atoms with Crippen LogP contribution in [0.2, 0.25) is 0 Å². The Kier molecular flexibility index (Phi) is 4.57. The zero-order chi connectivity index (χ0) is 18.1. The highest BCUT2D eigenvalue weighted by molar-refractivity contribution is 7.16. The average molecular weight is 367 g/mol. The number of aromatic nitrogens is 3. The monoisotopic (exact) mass is 367 g/mol. The Bertz CT molecular complexity index is 929. The van der Waals surface area contributed by atoms with Gasteiger partial charge in [-0.3, -0.25) is 15.2 Å². The normalized spacial score (nSPS) is 13.7. The highest BCUT2D eigenvalue weighted by Crippen LogP contribution is 2.36. The van der Waals surface area contributed by atoms with E-state index in [1.807, 2.05) is 30.3 Å². The van der Waals surface area contributed by atoms with E-state index >= 15 is 0 Å². The molecule has 4 rings (SSSR count). The van der Waals surface area contributed by atoms with Crippen LogP contribution < -0.4 is 10.6 Å². The number of hydrogen-bond acceptors (Lipinski definition) is 5. The summed E-state index contributed by atoms with van der Waals surface area (Å²) in [5.41, 5.74) is 4.45. The number of aromatic amines is 1. The Hall–Kier alpha value is -2.51. The summed E-state index contributed by atoms with van der Waals surface area (Å²) >= 11 is 1.53. The van der Waals surface area contributed by atoms with Crippen molar-refractivity contribution in [1.82, 2.24) is 20.5 Å². The molecule has 0 bridgehead atoms. The molecule has 0 spiro atoms. The van der Waals surface area contributed by atoms with Crippen molar-refractivity contribution in [2.75, 3.05) is 11.9 Å². The maximum Gasteiger partial charge on any atom is 0.278 e. The van der Waals surface area contributed by atoms with Crippen LogP contribution in [0.1, 0.15) is 46.4 Å². The molecule has 1 amide bonds. The maximum atomic E-state index is 12.7. The van der Waals surface area contributed by atoms with Crippen molar-refractivity contribution < 1.29 is 4.79 Å². The number of thiazole rings is 1. The summed E-state index contributed by atoms with van der Waals surface area (Å²) in [6, 6.07) is 10.1. The predicted octanol–water partition coefficient (Wildman–Crippen LogP) is 3.55. The van der Waals surface area contributed by atoms with Crippen molar-refractivity contribution in [3.63, 3.8) is 0 Å². The summed E-state index contributed by atoms with van der Waals surface area (Å²) < 4.78 is 0. The SMILES string of the molecule is CC(C)c1sc(NC(=O)c2n[nH]c3c2CNCC3)nc1-c1ccccc1. The number of carbonyl (C=O) groups is 1. The van der Waals surface area contributed by atoms with E-state index in [2.05, 4.69) is 34.7 Å². The molecule has 3 aromatic rings. The number of carbonyl (C=O) groups excluding carboxylic acids is 1. The van der Waals surface area contributed by atoms with Crippen molar-refractivity contribution in [2.24, 2.45) is 0 Å². The number of amides is 1. The van der Waals surface area contributed by atoms with Gasteiger partial charge in [0.05, 0.1) is 5.69 Å². The highest BCUT2D eigenvalue weighted by atomic mass is 32.1. The maximum absolute atomic E-state index is 12.7. The molecule has 1 aromatic carbocycles. The molecule has 3 heterocycles. The van der Waals surface area contributed by atoms with Gasteiger partial charge in [0.25, 0.3) is 5.91 Å². The fourth-order valence-electron chi connectivity index (χ4n) is 3.15. The van der Waals surface area contributed by atoms with Crippen LogP contribution in [0.3, 0.4) is 0 Å². The molecular weight excluding hydrogens is 346 g/mol. The Labute approximate surface area is 156 Å². The molecule has 3 N–H and O–H groups in total. The van der Waals surface area contributed by atoms with Gasteiger partial charge in [0.1, 0.15) is 0 Å². The first kappa shape index (κ1) is 16.9. The number of anilines is 1. The van der Waals surface area contributed by atoms with E-state index in [9.17, 15) is 4.79 Å². The Balaban J connectivity index is 1.62. The van der Waals surface area contributed by atoms with E-state index in [1.165, 1.54) is 11.3 Å². The van der Waals surface area contributed by atoms with E-state index in [0.29, 0.717) is 23.3 Å². The number of benzene rings is 1. The van der Waals surface area contributed by atoms with Gasteiger partial charge in [0.2, 0.25) is 0 Å². The van der Waals surface area contributed by atoms with Crippen LogP contribution in [0.4, 0.5) is 5.13 Å². The van der Waals surface area contributed by atoms with Crippen LogP contribution in [0.25, 0.3) is 11.3 Å². The smallest absolute Gasteiger partial charge is 0.278 e. The molecule has 0 saturated carbocycles. The van der Waals surface area contributed by atoms with Crippen LogP contribution in [0.15, 0.2) is 30.3 Å². The molecule has 0 radical (unpaired) electrons. The summed E-state index contributed by atoms with van der Waals surface area (Å²) in [5.74, 6) is 0.116. The van der Waals surface area contributed by atoms with Crippen molar-refractivity contribution in [1.29, 1.82) is 0 Å². The standard InChI is InChI=1S/C19H21N5OS/c1-11(2)17-15(12-6-4-3-5-7-12)21-19(26-17)22-18(25)16-13-10-20-9-8-14(13)23-24-16/h3-7,11,20H,8-10H2,1-2H3,(H,23,24)(H,21,22,25). The number of hydrogen-bond donors (Lipinski definition) is 3. The molecule has 1 aliphatic rings. The van der Waals surface area contributed by atoms with Gasteiger partial charge in [-0.2, -0.15) is 5.10 Å². The summed E-state index contributed by atoms with van der Waals surface area (Å²) in [6.07, 6.45) is 0.864. The van der Waals surface area contributed by atoms with Crippen molar-refractivity contribution in [3.8, 4) is 11.3 Å². The molecular formula is C19H21N5OS. The molecule has 26 heavy (non-hydrogen) atoms. The van der Waals surface area contributed by atoms with E-state index < -0.39 is 0 Å². The lowest BCUT2D eigenvalue weighted by Crippen LogP contribution is -2.25. The fourth-order valence-corrected chi connectivity index (χ4v) is 4.13.